The summed E-state index contributed by atoms with van der Waals surface area (Å²) in [6.07, 6.45) is 3.78. The zero-order valence-electron chi connectivity index (χ0n) is 26.3. The largest absolute Gasteiger partial charge is 0.507 e. The molecule has 7 rings (SSSR count). The van der Waals surface area contributed by atoms with Crippen LogP contribution in [0.25, 0.3) is 6.08 Å². The minimum Gasteiger partial charge on any atom is -0.507 e. The summed E-state index contributed by atoms with van der Waals surface area (Å²) < 4.78 is 12.7. The molecule has 0 aromatic heterocycles. The van der Waals surface area contributed by atoms with Gasteiger partial charge in [-0.15, -0.1) is 0 Å². The van der Waals surface area contributed by atoms with Crippen LogP contribution in [0.5, 0.6) is 11.5 Å². The Labute approximate surface area is 275 Å². The smallest absolute Gasteiger partial charge is 0.238 e. The van der Waals surface area contributed by atoms with E-state index in [1.807, 2.05) is 109 Å². The van der Waals surface area contributed by atoms with Crippen LogP contribution < -0.4 is 15.0 Å². The Morgan fingerprint density at radius 3 is 2.30 bits per heavy atom. The van der Waals surface area contributed by atoms with Crippen molar-refractivity contribution in [2.75, 3.05) is 23.4 Å². The summed E-state index contributed by atoms with van der Waals surface area (Å²) in [4.78, 5) is 29.5. The Morgan fingerprint density at radius 2 is 1.55 bits per heavy atom. The van der Waals surface area contributed by atoms with Gasteiger partial charge in [0.15, 0.2) is 0 Å². The van der Waals surface area contributed by atoms with Crippen molar-refractivity contribution in [1.29, 1.82) is 0 Å². The van der Waals surface area contributed by atoms with Gasteiger partial charge in [0.2, 0.25) is 11.8 Å². The summed E-state index contributed by atoms with van der Waals surface area (Å²) >= 11 is 0. The van der Waals surface area contributed by atoms with E-state index >= 15 is 0 Å². The minimum atomic E-state index is -0.469. The minimum absolute atomic E-state index is 0.158. The Balaban J connectivity index is 1.13. The summed E-state index contributed by atoms with van der Waals surface area (Å²) in [5.74, 6) is -0.423. The number of phenols is 1. The lowest BCUT2D eigenvalue weighted by Gasteiger charge is -2.31. The van der Waals surface area contributed by atoms with Crippen LogP contribution in [0.15, 0.2) is 126 Å². The fourth-order valence-electron chi connectivity index (χ4n) is 7.24. The molecule has 4 aromatic carbocycles. The van der Waals surface area contributed by atoms with E-state index in [0.29, 0.717) is 25.3 Å². The first kappa shape index (κ1) is 30.5. The number of imide groups is 1. The van der Waals surface area contributed by atoms with Crippen molar-refractivity contribution in [1.82, 2.24) is 0 Å². The number of hydrogen-bond acceptors (Lipinski definition) is 6. The van der Waals surface area contributed by atoms with Crippen molar-refractivity contribution >= 4 is 35.0 Å². The number of amides is 2. The molecule has 0 radical (unpaired) electrons. The summed E-state index contributed by atoms with van der Waals surface area (Å²) in [5.41, 5.74) is 6.49. The fourth-order valence-corrected chi connectivity index (χ4v) is 7.24. The van der Waals surface area contributed by atoms with Crippen molar-refractivity contribution < 1.29 is 24.2 Å². The first-order valence-electron chi connectivity index (χ1n) is 16.2. The number of allylic oxidation sites excluding steroid dienone is 1. The highest BCUT2D eigenvalue weighted by Gasteiger charge is 2.57. The molecule has 7 nitrogen and oxygen atoms in total. The molecular formula is C40H38N2O5. The normalized spacial score (nSPS) is 22.3. The number of nitrogens with one attached hydrogen (secondary N) is 1. The Hall–Kier alpha value is -5.14. The van der Waals surface area contributed by atoms with E-state index in [1.54, 1.807) is 6.07 Å². The summed E-state index contributed by atoms with van der Waals surface area (Å²) in [5, 5.41) is 13.6. The standard InChI is InChI=1S/C40H38N2O5/c1-26(22-27-10-8-9-15-35(27)43)16-21-36-37-28(24-46-32-13-6-3-7-14-32)23-33-38(34(37)25-47-36)40(45)42(39(33)44)31-19-17-30(18-20-31)41-29-11-4-2-5-12-29/h2-15,17-20,22,33-34,36,38,41,43H,16,21,23-25H2,1H3/b26-22+/t33-,34+,36-,38-/m1/s1. The highest BCUT2D eigenvalue weighted by Crippen LogP contribution is 2.50. The van der Waals surface area contributed by atoms with Crippen LogP contribution in [0.2, 0.25) is 0 Å². The topological polar surface area (TPSA) is 88.1 Å². The second-order valence-electron chi connectivity index (χ2n) is 12.6. The number of aromatic hydroxyl groups is 1. The van der Waals surface area contributed by atoms with Gasteiger partial charge in [0, 0.05) is 22.9 Å². The third-order valence-electron chi connectivity index (χ3n) is 9.49. The van der Waals surface area contributed by atoms with E-state index in [4.69, 9.17) is 9.47 Å². The maximum atomic E-state index is 14.1. The highest BCUT2D eigenvalue weighted by molar-refractivity contribution is 6.22. The molecule has 0 spiro atoms. The molecule has 1 aliphatic carbocycles. The van der Waals surface area contributed by atoms with Crippen LogP contribution in [-0.2, 0) is 14.3 Å². The number of carbonyl (C=O) groups is 2. The summed E-state index contributed by atoms with van der Waals surface area (Å²) in [6.45, 7) is 2.79. The van der Waals surface area contributed by atoms with Crippen molar-refractivity contribution in [2.24, 2.45) is 17.8 Å². The third kappa shape index (κ3) is 6.31. The average Bonchev–Trinajstić information content (AvgIpc) is 3.63. The number of carbonyl (C=O) groups excluding carboxylic acids is 2. The van der Waals surface area contributed by atoms with E-state index in [9.17, 15) is 14.7 Å². The maximum absolute atomic E-state index is 14.1. The van der Waals surface area contributed by atoms with Crippen LogP contribution >= 0.6 is 0 Å². The number of ether oxygens (including phenoxy) is 2. The molecule has 3 aliphatic rings. The Bertz CT molecular complexity index is 1820. The van der Waals surface area contributed by atoms with Crippen LogP contribution in [0.4, 0.5) is 17.1 Å². The van der Waals surface area contributed by atoms with E-state index in [-0.39, 0.29) is 29.6 Å². The van der Waals surface area contributed by atoms with Crippen molar-refractivity contribution in [3.8, 4) is 11.5 Å². The van der Waals surface area contributed by atoms with Gasteiger partial charge in [-0.3, -0.25) is 14.5 Å². The zero-order valence-corrected chi connectivity index (χ0v) is 26.3. The third-order valence-corrected chi connectivity index (χ3v) is 9.49. The molecule has 238 valence electrons. The number of nitrogens with zero attached hydrogens (tertiary/aromatic N) is 1. The van der Waals surface area contributed by atoms with E-state index in [2.05, 4.69) is 12.2 Å². The van der Waals surface area contributed by atoms with Gasteiger partial charge in [0.1, 0.15) is 18.1 Å². The molecule has 0 bridgehead atoms. The van der Waals surface area contributed by atoms with Gasteiger partial charge >= 0.3 is 0 Å². The lowest BCUT2D eigenvalue weighted by Crippen LogP contribution is -2.35. The first-order valence-corrected chi connectivity index (χ1v) is 16.2. The van der Waals surface area contributed by atoms with Gasteiger partial charge in [-0.25, -0.2) is 0 Å². The van der Waals surface area contributed by atoms with Gasteiger partial charge < -0.3 is 19.9 Å². The molecule has 0 saturated carbocycles. The number of benzene rings is 4. The van der Waals surface area contributed by atoms with E-state index in [1.165, 1.54) is 4.90 Å². The molecular weight excluding hydrogens is 588 g/mol. The molecule has 47 heavy (non-hydrogen) atoms. The van der Waals surface area contributed by atoms with Crippen molar-refractivity contribution in [3.05, 3.63) is 131 Å². The predicted molar refractivity (Wildman–Crippen MR) is 183 cm³/mol. The predicted octanol–water partition coefficient (Wildman–Crippen LogP) is 7.92. The molecule has 7 heteroatoms. The van der Waals surface area contributed by atoms with Gasteiger partial charge in [0.25, 0.3) is 0 Å². The van der Waals surface area contributed by atoms with Crippen LogP contribution in [-0.4, -0.2) is 36.2 Å². The van der Waals surface area contributed by atoms with Crippen molar-refractivity contribution in [3.63, 3.8) is 0 Å². The number of para-hydroxylation sites is 3. The highest BCUT2D eigenvalue weighted by atomic mass is 16.5. The molecule has 2 N–H and O–H groups in total. The second-order valence-corrected chi connectivity index (χ2v) is 12.6. The SMILES string of the molecule is C/C(=C\c1ccccc1O)CC[C@H]1OC[C@H]2C1=C(COc1ccccc1)C[C@H]1C(=O)N(c3ccc(Nc4ccccc4)cc3)C(=O)[C@H]12. The number of fused-ring (bicyclic) bond motifs is 3. The monoisotopic (exact) mass is 626 g/mol. The molecule has 4 atom stereocenters. The maximum Gasteiger partial charge on any atom is 0.238 e. The summed E-state index contributed by atoms with van der Waals surface area (Å²) in [7, 11) is 0. The molecule has 0 unspecified atom stereocenters. The van der Waals surface area contributed by atoms with Gasteiger partial charge in [-0.05, 0) is 91.9 Å². The molecule has 2 aliphatic heterocycles. The number of hydrogen-bond donors (Lipinski definition) is 2. The number of anilines is 3. The molecule has 2 heterocycles. The quantitative estimate of drug-likeness (QED) is 0.137. The molecule has 2 amide bonds. The first-order chi connectivity index (χ1) is 23.0. The van der Waals surface area contributed by atoms with Crippen LogP contribution in [0.3, 0.4) is 0 Å². The van der Waals surface area contributed by atoms with E-state index in [0.717, 1.165) is 52.2 Å². The van der Waals surface area contributed by atoms with Crippen LogP contribution in [0.1, 0.15) is 31.7 Å². The van der Waals surface area contributed by atoms with Gasteiger partial charge in [-0.1, -0.05) is 66.2 Å². The number of phenolic OH excluding ortho intramolecular Hbond substituents is 1. The van der Waals surface area contributed by atoms with Crippen molar-refractivity contribution in [2.45, 2.75) is 32.3 Å². The van der Waals surface area contributed by atoms with Gasteiger partial charge in [0.05, 0.1) is 30.2 Å². The summed E-state index contributed by atoms with van der Waals surface area (Å²) in [6, 6.07) is 34.3. The Kier molecular flexibility index (Phi) is 8.64. The lowest BCUT2D eigenvalue weighted by atomic mass is 9.69. The average molecular weight is 627 g/mol. The molecule has 4 aromatic rings. The molecule has 2 saturated heterocycles. The zero-order chi connectivity index (χ0) is 32.3. The lowest BCUT2D eigenvalue weighted by molar-refractivity contribution is -0.122. The number of rotatable bonds is 10. The fraction of sp³-hybridized carbons (Fsp3) is 0.250. The Morgan fingerprint density at radius 1 is 0.872 bits per heavy atom. The van der Waals surface area contributed by atoms with Gasteiger partial charge in [-0.2, -0.15) is 0 Å². The van der Waals surface area contributed by atoms with Crippen LogP contribution in [0, 0.1) is 17.8 Å². The van der Waals surface area contributed by atoms with E-state index < -0.39 is 11.8 Å². The molecule has 2 fully saturated rings. The second kappa shape index (κ2) is 13.3.